The van der Waals surface area contributed by atoms with Crippen LogP contribution in [0.25, 0.3) is 17.0 Å². The molecule has 1 N–H and O–H groups in total. The molecule has 0 saturated heterocycles. The number of rotatable bonds is 4. The number of hydrogen-bond donors (Lipinski definition) is 1. The van der Waals surface area contributed by atoms with E-state index < -0.39 is 5.97 Å². The number of ether oxygens (including phenoxy) is 1. The van der Waals surface area contributed by atoms with Crippen LogP contribution in [0.2, 0.25) is 0 Å². The van der Waals surface area contributed by atoms with E-state index in [9.17, 15) is 9.59 Å². The molecule has 0 aliphatic heterocycles. The summed E-state index contributed by atoms with van der Waals surface area (Å²) in [5, 5.41) is 3.48. The number of nitrogens with one attached hydrogen (secondary N) is 1. The van der Waals surface area contributed by atoms with E-state index in [-0.39, 0.29) is 5.91 Å². The molecular weight excluding hydrogens is 306 g/mol. The van der Waals surface area contributed by atoms with Gasteiger partial charge in [0.05, 0.1) is 0 Å². The number of hydrogen-bond acceptors (Lipinski definition) is 4. The zero-order valence-corrected chi connectivity index (χ0v) is 13.0. The fraction of sp³-hybridized carbons (Fsp3) is 0.0526. The maximum Gasteiger partial charge on any atom is 0.336 e. The van der Waals surface area contributed by atoms with Crippen molar-refractivity contribution < 1.29 is 18.7 Å². The molecule has 120 valence electrons. The van der Waals surface area contributed by atoms with Crippen LogP contribution in [0, 0.1) is 0 Å². The maximum atomic E-state index is 11.9. The molecule has 2 aromatic carbocycles. The molecule has 0 radical (unpaired) electrons. The lowest BCUT2D eigenvalue weighted by Crippen LogP contribution is -2.17. The summed E-state index contributed by atoms with van der Waals surface area (Å²) in [5.74, 6) is 0.0675. The van der Waals surface area contributed by atoms with E-state index in [1.807, 2.05) is 30.3 Å². The summed E-state index contributed by atoms with van der Waals surface area (Å²) in [6, 6.07) is 15.8. The number of carbonyl (C=O) groups is 2. The Morgan fingerprint density at radius 3 is 2.71 bits per heavy atom. The fourth-order valence-corrected chi connectivity index (χ4v) is 2.23. The average Bonchev–Trinajstić information content (AvgIpc) is 3.02. The third kappa shape index (κ3) is 3.52. The molecule has 24 heavy (non-hydrogen) atoms. The molecule has 0 saturated carbocycles. The van der Waals surface area contributed by atoms with Gasteiger partial charge in [0, 0.05) is 24.1 Å². The van der Waals surface area contributed by atoms with Gasteiger partial charge in [-0.2, -0.15) is 0 Å². The number of amides is 1. The first-order valence-corrected chi connectivity index (χ1v) is 7.36. The molecule has 0 atom stereocenters. The van der Waals surface area contributed by atoms with Gasteiger partial charge in [0.1, 0.15) is 17.1 Å². The van der Waals surface area contributed by atoms with Crippen molar-refractivity contribution in [3.8, 4) is 5.75 Å². The molecule has 3 rings (SSSR count). The molecule has 0 aliphatic carbocycles. The molecule has 0 fully saturated rings. The summed E-state index contributed by atoms with van der Waals surface area (Å²) >= 11 is 0. The first kappa shape index (κ1) is 15.6. The number of furan rings is 1. The smallest absolute Gasteiger partial charge is 0.336 e. The first-order valence-electron chi connectivity index (χ1n) is 7.36. The summed E-state index contributed by atoms with van der Waals surface area (Å²) in [6.45, 7) is 0. The third-order valence-corrected chi connectivity index (χ3v) is 3.37. The number of para-hydroxylation sites is 1. The van der Waals surface area contributed by atoms with Crippen molar-refractivity contribution in [3.63, 3.8) is 0 Å². The van der Waals surface area contributed by atoms with E-state index >= 15 is 0 Å². The molecule has 3 aromatic rings. The second-order valence-electron chi connectivity index (χ2n) is 5.05. The van der Waals surface area contributed by atoms with Crippen LogP contribution in [-0.2, 0) is 4.79 Å². The van der Waals surface area contributed by atoms with Gasteiger partial charge < -0.3 is 14.5 Å². The van der Waals surface area contributed by atoms with Gasteiger partial charge in [-0.1, -0.05) is 24.3 Å². The van der Waals surface area contributed by atoms with Crippen LogP contribution >= 0.6 is 0 Å². The number of benzene rings is 2. The van der Waals surface area contributed by atoms with Gasteiger partial charge in [0.25, 0.3) is 5.91 Å². The summed E-state index contributed by atoms with van der Waals surface area (Å²) in [4.78, 5) is 23.5. The van der Waals surface area contributed by atoms with Crippen molar-refractivity contribution in [1.29, 1.82) is 0 Å². The van der Waals surface area contributed by atoms with E-state index in [0.717, 1.165) is 11.0 Å². The highest BCUT2D eigenvalue weighted by Crippen LogP contribution is 2.20. The number of fused-ring (bicyclic) bond motifs is 1. The van der Waals surface area contributed by atoms with Crippen LogP contribution in [0.1, 0.15) is 16.1 Å². The highest BCUT2D eigenvalue weighted by atomic mass is 16.5. The normalized spacial score (nSPS) is 10.9. The molecular formula is C19H15NO4. The highest BCUT2D eigenvalue weighted by Gasteiger charge is 2.07. The quantitative estimate of drug-likeness (QED) is 0.454. The van der Waals surface area contributed by atoms with Gasteiger partial charge in [-0.3, -0.25) is 4.79 Å². The van der Waals surface area contributed by atoms with Gasteiger partial charge in [-0.15, -0.1) is 0 Å². The van der Waals surface area contributed by atoms with Crippen molar-refractivity contribution in [2.75, 3.05) is 7.05 Å². The lowest BCUT2D eigenvalue weighted by molar-refractivity contribution is -0.128. The Morgan fingerprint density at radius 1 is 1.08 bits per heavy atom. The Bertz CT molecular complexity index is 891. The molecule has 1 amide bonds. The minimum absolute atomic E-state index is 0.245. The van der Waals surface area contributed by atoms with Crippen LogP contribution in [0.5, 0.6) is 5.75 Å². The summed E-state index contributed by atoms with van der Waals surface area (Å²) in [7, 11) is 1.54. The second-order valence-corrected chi connectivity index (χ2v) is 5.05. The molecule has 0 spiro atoms. The Balaban J connectivity index is 1.70. The third-order valence-electron chi connectivity index (χ3n) is 3.37. The van der Waals surface area contributed by atoms with E-state index in [4.69, 9.17) is 9.15 Å². The standard InChI is InChI=1S/C19H15NO4/c1-20-19(22)14-6-4-7-15(12-14)24-18(21)10-9-16-11-13-5-2-3-8-17(13)23-16/h2-12H,1H3,(H,20,22)/b10-9+. The molecule has 5 nitrogen and oxygen atoms in total. The molecule has 1 aromatic heterocycles. The largest absolute Gasteiger partial charge is 0.457 e. The van der Waals surface area contributed by atoms with Crippen LogP contribution in [-0.4, -0.2) is 18.9 Å². The van der Waals surface area contributed by atoms with Gasteiger partial charge in [0.2, 0.25) is 0 Å². The van der Waals surface area contributed by atoms with Crippen molar-refractivity contribution in [1.82, 2.24) is 5.32 Å². The molecule has 0 bridgehead atoms. The van der Waals surface area contributed by atoms with Gasteiger partial charge >= 0.3 is 5.97 Å². The lowest BCUT2D eigenvalue weighted by atomic mass is 10.2. The minimum atomic E-state index is -0.551. The van der Waals surface area contributed by atoms with E-state index in [2.05, 4.69) is 5.32 Å². The average molecular weight is 321 g/mol. The van der Waals surface area contributed by atoms with Crippen molar-refractivity contribution >= 4 is 28.9 Å². The summed E-state index contributed by atoms with van der Waals surface area (Å²) in [5.41, 5.74) is 1.17. The van der Waals surface area contributed by atoms with Crippen LogP contribution < -0.4 is 10.1 Å². The van der Waals surface area contributed by atoms with Crippen molar-refractivity contribution in [2.24, 2.45) is 0 Å². The molecule has 1 heterocycles. The van der Waals surface area contributed by atoms with E-state index in [1.165, 1.54) is 19.2 Å². The Kier molecular flexibility index (Phi) is 4.43. The molecule has 0 unspecified atom stereocenters. The van der Waals surface area contributed by atoms with E-state index in [0.29, 0.717) is 17.1 Å². The maximum absolute atomic E-state index is 11.9. The minimum Gasteiger partial charge on any atom is -0.457 e. The van der Waals surface area contributed by atoms with Crippen molar-refractivity contribution in [2.45, 2.75) is 0 Å². The van der Waals surface area contributed by atoms with Crippen LogP contribution in [0.3, 0.4) is 0 Å². The number of carbonyl (C=O) groups excluding carboxylic acids is 2. The Labute approximate surface area is 138 Å². The zero-order valence-electron chi connectivity index (χ0n) is 13.0. The van der Waals surface area contributed by atoms with Crippen molar-refractivity contribution in [3.05, 3.63) is 72.0 Å². The van der Waals surface area contributed by atoms with Gasteiger partial charge in [-0.25, -0.2) is 4.79 Å². The molecule has 5 heteroatoms. The van der Waals surface area contributed by atoms with Gasteiger partial charge in [0.15, 0.2) is 0 Å². The SMILES string of the molecule is CNC(=O)c1cccc(OC(=O)/C=C/c2cc3ccccc3o2)c1. The predicted molar refractivity (Wildman–Crippen MR) is 90.7 cm³/mol. The first-order chi connectivity index (χ1) is 11.7. The monoisotopic (exact) mass is 321 g/mol. The van der Waals surface area contributed by atoms with Crippen LogP contribution in [0.15, 0.2) is 65.1 Å². The fourth-order valence-electron chi connectivity index (χ4n) is 2.23. The Hall–Kier alpha value is -3.34. The number of esters is 1. The predicted octanol–water partition coefficient (Wildman–Crippen LogP) is 3.41. The van der Waals surface area contributed by atoms with Gasteiger partial charge in [-0.05, 0) is 36.4 Å². The zero-order chi connectivity index (χ0) is 16.9. The Morgan fingerprint density at radius 2 is 1.92 bits per heavy atom. The topological polar surface area (TPSA) is 68.5 Å². The lowest BCUT2D eigenvalue weighted by Gasteiger charge is -2.03. The highest BCUT2D eigenvalue weighted by molar-refractivity contribution is 5.95. The van der Waals surface area contributed by atoms with E-state index in [1.54, 1.807) is 24.3 Å². The van der Waals surface area contributed by atoms with Crippen LogP contribution in [0.4, 0.5) is 0 Å². The summed E-state index contributed by atoms with van der Waals surface area (Å²) in [6.07, 6.45) is 2.83. The second kappa shape index (κ2) is 6.83. The summed E-state index contributed by atoms with van der Waals surface area (Å²) < 4.78 is 10.8. The molecule has 0 aliphatic rings.